The fourth-order valence-corrected chi connectivity index (χ4v) is 4.11. The number of aryl methyl sites for hydroxylation is 2. The quantitative estimate of drug-likeness (QED) is 0.444. The maximum Gasteiger partial charge on any atom is 0.0542 e. The normalized spacial score (nSPS) is 17.2. The highest BCUT2D eigenvalue weighted by molar-refractivity contribution is 6.51. The topological polar surface area (TPSA) is 24.7 Å². The molecule has 0 saturated heterocycles. The van der Waals surface area contributed by atoms with Crippen molar-refractivity contribution in [3.8, 4) is 0 Å². The molecule has 0 N–H and O–H groups in total. The average Bonchev–Trinajstić information content (AvgIpc) is 2.68. The molecule has 0 heterocycles. The van der Waals surface area contributed by atoms with Crippen LogP contribution in [0, 0.1) is 0 Å². The molecule has 2 aliphatic carbocycles. The monoisotopic (exact) mass is 380 g/mol. The number of nitrogens with zero attached hydrogens (tertiary/aromatic N) is 2. The van der Waals surface area contributed by atoms with Crippen molar-refractivity contribution in [2.24, 2.45) is 10.2 Å². The van der Waals surface area contributed by atoms with Crippen molar-refractivity contribution < 1.29 is 0 Å². The summed E-state index contributed by atoms with van der Waals surface area (Å²) < 4.78 is 0. The van der Waals surface area contributed by atoms with E-state index in [9.17, 15) is 0 Å². The molecule has 4 heteroatoms. The van der Waals surface area contributed by atoms with E-state index in [-0.39, 0.29) is 0 Å². The molecule has 2 aliphatic rings. The van der Waals surface area contributed by atoms with Crippen molar-refractivity contribution >= 4 is 45.7 Å². The molecule has 0 fully saturated rings. The molecule has 2 nitrogen and oxygen atoms in total. The van der Waals surface area contributed by atoms with Crippen LogP contribution in [0.5, 0.6) is 0 Å². The van der Waals surface area contributed by atoms with Gasteiger partial charge < -0.3 is 0 Å². The Labute approximate surface area is 163 Å². The number of fused-ring (bicyclic) bond motifs is 2. The molecule has 26 heavy (non-hydrogen) atoms. The summed E-state index contributed by atoms with van der Waals surface area (Å²) in [6, 6.07) is 16.5. The Morgan fingerprint density at radius 2 is 1.04 bits per heavy atom. The second kappa shape index (κ2) is 7.61. The summed E-state index contributed by atoms with van der Waals surface area (Å²) in [6.07, 6.45) is 7.24. The predicted octanol–water partition coefficient (Wildman–Crippen LogP) is 6.24. The molecule has 2 aromatic rings. The third-order valence-corrected chi connectivity index (χ3v) is 5.79. The Kier molecular flexibility index (Phi) is 5.05. The first-order chi connectivity index (χ1) is 12.7. The molecule has 0 unspecified atom stereocenters. The molecular weight excluding hydrogens is 363 g/mol. The average molecular weight is 381 g/mol. The Morgan fingerprint density at radius 3 is 1.50 bits per heavy atom. The first kappa shape index (κ1) is 17.3. The Balaban J connectivity index is 1.53. The van der Waals surface area contributed by atoms with Crippen LogP contribution in [0.25, 0.3) is 10.1 Å². The number of rotatable bonds is 3. The highest BCUT2D eigenvalue weighted by Gasteiger charge is 2.16. The second-order valence-corrected chi connectivity index (χ2v) is 7.24. The summed E-state index contributed by atoms with van der Waals surface area (Å²) in [5, 5.41) is 9.97. The van der Waals surface area contributed by atoms with Gasteiger partial charge in [0.15, 0.2) is 0 Å². The van der Waals surface area contributed by atoms with E-state index in [0.29, 0.717) is 0 Å². The number of hydrogen-bond donors (Lipinski definition) is 0. The van der Waals surface area contributed by atoms with Gasteiger partial charge in [-0.25, -0.2) is 0 Å². The van der Waals surface area contributed by atoms with E-state index in [0.717, 1.165) is 58.0 Å². The van der Waals surface area contributed by atoms with Crippen LogP contribution in [-0.4, -0.2) is 12.4 Å². The smallest absolute Gasteiger partial charge is 0.0542 e. The lowest BCUT2D eigenvalue weighted by Crippen LogP contribution is -2.03. The Bertz CT molecular complexity index is 888. The zero-order valence-electron chi connectivity index (χ0n) is 14.3. The third kappa shape index (κ3) is 3.40. The maximum absolute atomic E-state index is 6.53. The van der Waals surface area contributed by atoms with Gasteiger partial charge in [-0.1, -0.05) is 71.7 Å². The summed E-state index contributed by atoms with van der Waals surface area (Å²) in [7, 11) is 0. The van der Waals surface area contributed by atoms with Gasteiger partial charge in [0.05, 0.1) is 22.5 Å². The van der Waals surface area contributed by atoms with E-state index in [2.05, 4.69) is 34.5 Å². The van der Waals surface area contributed by atoms with Crippen LogP contribution in [0.15, 0.2) is 69.9 Å². The first-order valence-corrected chi connectivity index (χ1v) is 9.50. The Hall–Kier alpha value is -2.16. The summed E-state index contributed by atoms with van der Waals surface area (Å²) in [5.74, 6) is 0. The van der Waals surface area contributed by atoms with Crippen LogP contribution >= 0.6 is 23.2 Å². The van der Waals surface area contributed by atoms with Gasteiger partial charge in [-0.15, -0.1) is 0 Å². The van der Waals surface area contributed by atoms with Crippen LogP contribution in [0.1, 0.15) is 35.1 Å². The van der Waals surface area contributed by atoms with E-state index < -0.39 is 0 Å². The van der Waals surface area contributed by atoms with Gasteiger partial charge in [0.1, 0.15) is 0 Å². The van der Waals surface area contributed by atoms with Gasteiger partial charge >= 0.3 is 0 Å². The maximum atomic E-state index is 6.53. The van der Waals surface area contributed by atoms with Gasteiger partial charge in [0, 0.05) is 0 Å². The Morgan fingerprint density at radius 1 is 0.615 bits per heavy atom. The fraction of sp³-hybridized carbons (Fsp3) is 0.182. The molecule has 0 aromatic heterocycles. The predicted molar refractivity (Wildman–Crippen MR) is 112 cm³/mol. The van der Waals surface area contributed by atoms with Gasteiger partial charge in [-0.2, -0.15) is 10.2 Å². The van der Waals surface area contributed by atoms with Crippen molar-refractivity contribution in [2.45, 2.75) is 25.7 Å². The number of allylic oxidation sites excluding steroid dienone is 2. The van der Waals surface area contributed by atoms with E-state index in [1.54, 1.807) is 12.4 Å². The highest BCUT2D eigenvalue weighted by atomic mass is 35.5. The standard InChI is InChI=1S/C22H18Cl2N2/c23-21-17(11-9-15-5-1-3-7-19(15)21)13-25-26-14-18-12-10-16-6-2-4-8-20(16)22(18)24/h1-8,13-14H,9-12H2/b25-13-,26-14-. The molecule has 0 radical (unpaired) electrons. The molecule has 0 atom stereocenters. The zero-order valence-corrected chi connectivity index (χ0v) is 15.8. The minimum Gasteiger partial charge on any atom is -0.159 e. The molecule has 0 spiro atoms. The van der Waals surface area contributed by atoms with Crippen LogP contribution in [-0.2, 0) is 12.8 Å². The SMILES string of the molecule is ClC1=C(/C=N\N=C/C2=C(Cl)c3ccccc3CC2)CCc2ccccc21. The van der Waals surface area contributed by atoms with Gasteiger partial charge in [0.25, 0.3) is 0 Å². The minimum atomic E-state index is 0.773. The van der Waals surface area contributed by atoms with Crippen molar-refractivity contribution in [1.82, 2.24) is 0 Å². The summed E-state index contributed by atoms with van der Waals surface area (Å²) >= 11 is 13.1. The lowest BCUT2D eigenvalue weighted by molar-refractivity contribution is 0.956. The van der Waals surface area contributed by atoms with Crippen molar-refractivity contribution in [2.75, 3.05) is 0 Å². The largest absolute Gasteiger partial charge is 0.159 e. The van der Waals surface area contributed by atoms with Gasteiger partial charge in [-0.05, 0) is 59.1 Å². The van der Waals surface area contributed by atoms with Gasteiger partial charge in [-0.3, -0.25) is 0 Å². The minimum absolute atomic E-state index is 0.773. The van der Waals surface area contributed by atoms with Crippen molar-refractivity contribution in [1.29, 1.82) is 0 Å². The molecule has 0 bridgehead atoms. The first-order valence-electron chi connectivity index (χ1n) is 8.74. The molecule has 0 saturated carbocycles. The second-order valence-electron chi connectivity index (χ2n) is 6.48. The van der Waals surface area contributed by atoms with Crippen LogP contribution in [0.4, 0.5) is 0 Å². The fourth-order valence-electron chi connectivity index (χ4n) is 3.46. The third-order valence-electron chi connectivity index (χ3n) is 4.89. The van der Waals surface area contributed by atoms with Crippen LogP contribution < -0.4 is 0 Å². The zero-order chi connectivity index (χ0) is 17.9. The van der Waals surface area contributed by atoms with E-state index in [1.807, 2.05) is 24.3 Å². The summed E-state index contributed by atoms with van der Waals surface area (Å²) in [6.45, 7) is 0. The van der Waals surface area contributed by atoms with E-state index in [4.69, 9.17) is 23.2 Å². The van der Waals surface area contributed by atoms with Crippen LogP contribution in [0.3, 0.4) is 0 Å². The number of hydrogen-bond acceptors (Lipinski definition) is 2. The van der Waals surface area contributed by atoms with E-state index in [1.165, 1.54) is 11.1 Å². The van der Waals surface area contributed by atoms with Gasteiger partial charge in [0.2, 0.25) is 0 Å². The molecule has 4 rings (SSSR count). The van der Waals surface area contributed by atoms with Crippen LogP contribution in [0.2, 0.25) is 0 Å². The van der Waals surface area contributed by atoms with Crippen molar-refractivity contribution in [3.05, 3.63) is 81.9 Å². The molecule has 130 valence electrons. The number of halogens is 2. The lowest BCUT2D eigenvalue weighted by atomic mass is 9.92. The summed E-state index contributed by atoms with van der Waals surface area (Å²) in [4.78, 5) is 0. The lowest BCUT2D eigenvalue weighted by Gasteiger charge is -2.17. The molecule has 0 amide bonds. The summed E-state index contributed by atoms with van der Waals surface area (Å²) in [5.41, 5.74) is 6.82. The molecule has 0 aliphatic heterocycles. The van der Waals surface area contributed by atoms with Crippen molar-refractivity contribution in [3.63, 3.8) is 0 Å². The highest BCUT2D eigenvalue weighted by Crippen LogP contribution is 2.34. The number of benzene rings is 2. The molecular formula is C22H18Cl2N2. The molecule has 2 aromatic carbocycles. The van der Waals surface area contributed by atoms with E-state index >= 15 is 0 Å².